The predicted molar refractivity (Wildman–Crippen MR) is 187 cm³/mol. The van der Waals surface area contributed by atoms with Crippen LogP contribution in [0.15, 0.2) is 11.6 Å². The molecule has 0 N–H and O–H groups in total. The summed E-state index contributed by atoms with van der Waals surface area (Å²) in [5.74, 6) is 0.675. The Hall–Kier alpha value is 0.894. The monoisotopic (exact) mass is 766 g/mol. The molecule has 0 amide bonds. The van der Waals surface area contributed by atoms with Gasteiger partial charge in [0.25, 0.3) is 0 Å². The number of alkyl halides is 2. The molecule has 6 nitrogen and oxygen atoms in total. The van der Waals surface area contributed by atoms with Gasteiger partial charge in [0.15, 0.2) is 8.32 Å². The number of hydrogen-bond acceptors (Lipinski definition) is 6. The number of fused-ring (bicyclic) bond motifs is 5. The summed E-state index contributed by atoms with van der Waals surface area (Å²) in [5.41, 5.74) is 1.10. The van der Waals surface area contributed by atoms with Crippen molar-refractivity contribution in [3.63, 3.8) is 0 Å². The summed E-state index contributed by atoms with van der Waals surface area (Å²) in [4.78, 5) is 0. The van der Waals surface area contributed by atoms with Crippen LogP contribution >= 0.6 is 31.9 Å². The lowest BCUT2D eigenvalue weighted by Gasteiger charge is -2.55. The largest absolute Gasteiger partial charge is 0.413 e. The van der Waals surface area contributed by atoms with Crippen LogP contribution in [0, 0.1) is 22.7 Å². The number of rotatable bonds is 14. The second-order valence-corrected chi connectivity index (χ2v) is 27.7. The smallest absolute Gasteiger partial charge is 0.336 e. The molecule has 3 saturated carbocycles. The molecule has 0 saturated heterocycles. The minimum absolute atomic E-state index is 0.0107. The molecule has 0 aromatic rings. The summed E-state index contributed by atoms with van der Waals surface area (Å²) >= 11 is 8.47. The molecule has 0 aliphatic heterocycles. The van der Waals surface area contributed by atoms with E-state index in [9.17, 15) is 0 Å². The predicted octanol–water partition coefficient (Wildman–Crippen LogP) is 9.32. The summed E-state index contributed by atoms with van der Waals surface area (Å²) in [6.07, 6.45) is 8.26. The van der Waals surface area contributed by atoms with E-state index in [2.05, 4.69) is 113 Å². The van der Waals surface area contributed by atoms with Crippen LogP contribution < -0.4 is 0 Å². The molecule has 2 unspecified atom stereocenters. The zero-order valence-electron chi connectivity index (χ0n) is 29.0. The fraction of sp³-hybridized carbons (Fsp3) is 0.939. The van der Waals surface area contributed by atoms with Gasteiger partial charge in [0.1, 0.15) is 6.79 Å². The molecule has 4 aliphatic rings. The van der Waals surface area contributed by atoms with E-state index in [0.717, 1.165) is 38.1 Å². The minimum atomic E-state index is -2.48. The van der Waals surface area contributed by atoms with Gasteiger partial charge in [-0.25, -0.2) is 0 Å². The Bertz CT molecular complexity index is 1020. The van der Waals surface area contributed by atoms with E-state index in [4.69, 9.17) is 27.5 Å². The third-order valence-corrected chi connectivity index (χ3v) is 21.7. The molecule has 4 aliphatic carbocycles. The van der Waals surface area contributed by atoms with E-state index in [0.29, 0.717) is 25.0 Å². The van der Waals surface area contributed by atoms with Crippen LogP contribution in [0.3, 0.4) is 0 Å². The topological polar surface area (TPSA) is 55.4 Å². The molecule has 0 aromatic carbocycles. The van der Waals surface area contributed by atoms with Crippen molar-refractivity contribution in [2.24, 2.45) is 22.7 Å². The lowest BCUT2D eigenvalue weighted by molar-refractivity contribution is -0.185. The van der Waals surface area contributed by atoms with Crippen LogP contribution in [0.2, 0.25) is 30.7 Å². The molecule has 0 aromatic heterocycles. The van der Waals surface area contributed by atoms with Crippen molar-refractivity contribution in [1.29, 1.82) is 0 Å². The molecule has 0 heterocycles. The van der Waals surface area contributed by atoms with E-state index in [1.165, 1.54) is 5.57 Å². The number of hydrogen-bond donors (Lipinski definition) is 0. The maximum absolute atomic E-state index is 7.22. The average molecular weight is 769 g/mol. The standard InChI is InChI=1S/C33H60Br2O6Si2/c1-23(2)39-43(12,40-24(3)4)21-31-17-18-32(38-22-37-20-19-36-9)25(28(31)33(31,34)35)15-16-30(8)26(32)13-14-27(30)41-42(10,11)29(5,6)7/h15,23-24,26-28H,13-14,16-22H2,1-12H3/t26-,27+,28?,30+,31?,32-/m1/s1. The van der Waals surface area contributed by atoms with Gasteiger partial charge in [0.2, 0.25) is 0 Å². The van der Waals surface area contributed by atoms with Crippen molar-refractivity contribution < 1.29 is 27.5 Å². The summed E-state index contributed by atoms with van der Waals surface area (Å²) in [6, 6.07) is 0.939. The first-order valence-corrected chi connectivity index (χ1v) is 23.6. The minimum Gasteiger partial charge on any atom is -0.413 e. The third kappa shape index (κ3) is 6.65. The first kappa shape index (κ1) is 36.7. The van der Waals surface area contributed by atoms with Gasteiger partial charge in [-0.15, -0.1) is 0 Å². The Morgan fingerprint density at radius 1 is 0.977 bits per heavy atom. The van der Waals surface area contributed by atoms with Crippen LogP contribution in [-0.4, -0.2) is 71.1 Å². The third-order valence-electron chi connectivity index (χ3n) is 11.5. The number of halogens is 2. The van der Waals surface area contributed by atoms with Crippen molar-refractivity contribution in [2.45, 2.75) is 145 Å². The Labute approximate surface area is 281 Å². The Morgan fingerprint density at radius 3 is 2.16 bits per heavy atom. The van der Waals surface area contributed by atoms with Crippen molar-refractivity contribution >= 4 is 48.7 Å². The molecule has 250 valence electrons. The van der Waals surface area contributed by atoms with Crippen LogP contribution in [0.1, 0.15) is 87.5 Å². The van der Waals surface area contributed by atoms with E-state index < -0.39 is 16.9 Å². The normalized spacial score (nSPS) is 35.5. The molecule has 4 rings (SSSR count). The number of allylic oxidation sites excluding steroid dienone is 1. The zero-order chi connectivity index (χ0) is 32.3. The zero-order valence-corrected chi connectivity index (χ0v) is 34.2. The van der Waals surface area contributed by atoms with Gasteiger partial charge in [-0.1, -0.05) is 65.6 Å². The molecule has 10 heteroatoms. The maximum Gasteiger partial charge on any atom is 0.336 e. The van der Waals surface area contributed by atoms with Crippen molar-refractivity contribution in [3.05, 3.63) is 11.6 Å². The molecule has 43 heavy (non-hydrogen) atoms. The van der Waals surface area contributed by atoms with Crippen LogP contribution in [0.5, 0.6) is 0 Å². The van der Waals surface area contributed by atoms with Crippen molar-refractivity contribution in [2.75, 3.05) is 27.1 Å². The fourth-order valence-electron chi connectivity index (χ4n) is 8.67. The van der Waals surface area contributed by atoms with Gasteiger partial charge in [0.05, 0.1) is 28.2 Å². The lowest BCUT2D eigenvalue weighted by Crippen LogP contribution is -2.57. The average Bonchev–Trinajstić information content (AvgIpc) is 3.13. The van der Waals surface area contributed by atoms with E-state index in [1.54, 1.807) is 7.11 Å². The highest BCUT2D eigenvalue weighted by Gasteiger charge is 2.82. The Kier molecular flexibility index (Phi) is 10.9. The van der Waals surface area contributed by atoms with Crippen molar-refractivity contribution in [1.82, 2.24) is 0 Å². The highest BCUT2D eigenvalue weighted by Crippen LogP contribution is 2.83. The first-order chi connectivity index (χ1) is 19.7. The first-order valence-electron chi connectivity index (χ1n) is 16.5. The summed E-state index contributed by atoms with van der Waals surface area (Å²) < 4.78 is 38.6. The fourth-order valence-corrected chi connectivity index (χ4v) is 16.9. The highest BCUT2D eigenvalue weighted by atomic mass is 79.9. The van der Waals surface area contributed by atoms with Crippen LogP contribution in [0.25, 0.3) is 0 Å². The molecule has 0 bridgehead atoms. The quantitative estimate of drug-likeness (QED) is 0.0578. The van der Waals surface area contributed by atoms with Crippen LogP contribution in [0.4, 0.5) is 0 Å². The number of methoxy groups -OCH3 is 1. The van der Waals surface area contributed by atoms with Gasteiger partial charge < -0.3 is 27.5 Å². The summed E-state index contributed by atoms with van der Waals surface area (Å²) in [5, 5.41) is 0.178. The Morgan fingerprint density at radius 2 is 1.60 bits per heavy atom. The van der Waals surface area contributed by atoms with E-state index >= 15 is 0 Å². The van der Waals surface area contributed by atoms with Gasteiger partial charge >= 0.3 is 8.56 Å². The lowest BCUT2D eigenvalue weighted by atomic mass is 9.57. The number of ether oxygens (including phenoxy) is 3. The van der Waals surface area contributed by atoms with E-state index in [-0.39, 0.29) is 49.8 Å². The van der Waals surface area contributed by atoms with Crippen molar-refractivity contribution in [3.8, 4) is 0 Å². The second kappa shape index (κ2) is 12.7. The molecular formula is C33H60Br2O6Si2. The second-order valence-electron chi connectivity index (χ2n) is 16.3. The van der Waals surface area contributed by atoms with Gasteiger partial charge in [-0.3, -0.25) is 0 Å². The van der Waals surface area contributed by atoms with Gasteiger partial charge in [-0.2, -0.15) is 0 Å². The summed E-state index contributed by atoms with van der Waals surface area (Å²) in [7, 11) is -2.71. The molecule has 6 atom stereocenters. The Balaban J connectivity index is 1.70. The molecular weight excluding hydrogens is 708 g/mol. The van der Waals surface area contributed by atoms with E-state index in [1.807, 2.05) is 0 Å². The maximum atomic E-state index is 7.22. The van der Waals surface area contributed by atoms with Crippen LogP contribution in [-0.2, 0) is 27.5 Å². The highest BCUT2D eigenvalue weighted by molar-refractivity contribution is 9.25. The molecule has 0 spiro atoms. The van der Waals surface area contributed by atoms with Gasteiger partial charge in [0, 0.05) is 42.0 Å². The molecule has 3 fully saturated rings. The SMILES string of the molecule is COCCOCO[C@]12CCC3(C[Si](C)(OC(C)C)OC(C)C)C(C1=CC[C@]1(C)[C@@H](O[Si](C)(C)C(C)(C)C)CC[C@H]12)C3(Br)Br. The molecule has 0 radical (unpaired) electrons. The van der Waals surface area contributed by atoms with Gasteiger partial charge in [-0.05, 0) is 96.1 Å². The summed E-state index contributed by atoms with van der Waals surface area (Å²) in [6.45, 7) is 26.4.